The van der Waals surface area contributed by atoms with E-state index in [-0.39, 0.29) is 56.0 Å². The van der Waals surface area contributed by atoms with Crippen molar-refractivity contribution in [2.24, 2.45) is 5.92 Å². The van der Waals surface area contributed by atoms with E-state index >= 15 is 0 Å². The molecular formula is C38H49N5O9. The normalized spacial score (nSPS) is 19.7. The molecule has 14 nitrogen and oxygen atoms in total. The second kappa shape index (κ2) is 17.8. The highest BCUT2D eigenvalue weighted by Gasteiger charge is 2.31. The smallest absolute Gasteiger partial charge is 0.323 e. The van der Waals surface area contributed by atoms with Crippen molar-refractivity contribution in [2.45, 2.75) is 58.3 Å². The maximum atomic E-state index is 14.4. The number of aliphatic hydroxyl groups is 1. The molecule has 0 saturated carbocycles. The van der Waals surface area contributed by atoms with Gasteiger partial charge in [0.05, 0.1) is 37.5 Å². The Morgan fingerprint density at radius 3 is 2.35 bits per heavy atom. The lowest BCUT2D eigenvalue weighted by Gasteiger charge is -2.35. The number of amides is 5. The molecule has 0 saturated heterocycles. The number of carbonyl (C=O) groups excluding carboxylic acids is 3. The van der Waals surface area contributed by atoms with Crippen LogP contribution in [0.25, 0.3) is 0 Å². The minimum Gasteiger partial charge on any atom is -0.497 e. The van der Waals surface area contributed by atoms with Crippen LogP contribution in [0.4, 0.5) is 26.7 Å². The van der Waals surface area contributed by atoms with Gasteiger partial charge in [0.2, 0.25) is 6.79 Å². The number of methoxy groups -OCH3 is 1. The highest BCUT2D eigenvalue weighted by molar-refractivity contribution is 6.02. The van der Waals surface area contributed by atoms with Gasteiger partial charge in [0.1, 0.15) is 11.5 Å². The van der Waals surface area contributed by atoms with Crippen LogP contribution in [0.15, 0.2) is 60.7 Å². The summed E-state index contributed by atoms with van der Waals surface area (Å²) < 4.78 is 28.7. The number of fused-ring (bicyclic) bond motifs is 2. The van der Waals surface area contributed by atoms with E-state index < -0.39 is 18.2 Å². The molecule has 14 heteroatoms. The van der Waals surface area contributed by atoms with Gasteiger partial charge in [-0.2, -0.15) is 0 Å². The number of urea groups is 2. The molecule has 4 N–H and O–H groups in total. The Kier molecular flexibility index (Phi) is 13.0. The molecule has 0 aliphatic carbocycles. The molecule has 280 valence electrons. The number of ether oxygens (including phenoxy) is 5. The van der Waals surface area contributed by atoms with Crippen LogP contribution < -0.4 is 34.9 Å². The van der Waals surface area contributed by atoms with Gasteiger partial charge in [-0.05, 0) is 87.7 Å². The first-order chi connectivity index (χ1) is 25.0. The van der Waals surface area contributed by atoms with E-state index in [4.69, 9.17) is 23.7 Å². The molecule has 2 aliphatic rings. The number of hydrogen-bond acceptors (Lipinski definition) is 9. The Morgan fingerprint density at radius 1 is 0.942 bits per heavy atom. The molecule has 2 heterocycles. The van der Waals surface area contributed by atoms with E-state index in [1.54, 1.807) is 91.5 Å². The summed E-state index contributed by atoms with van der Waals surface area (Å²) in [5.74, 6) is 1.60. The van der Waals surface area contributed by atoms with Crippen molar-refractivity contribution in [3.05, 3.63) is 66.2 Å². The molecule has 0 radical (unpaired) electrons. The lowest BCUT2D eigenvalue weighted by Crippen LogP contribution is -2.48. The number of hydrogen-bond donors (Lipinski definition) is 4. The fourth-order valence-electron chi connectivity index (χ4n) is 5.98. The molecule has 0 unspecified atom stereocenters. The molecule has 0 fully saturated rings. The maximum Gasteiger partial charge on any atom is 0.323 e. The van der Waals surface area contributed by atoms with Crippen LogP contribution in [-0.4, -0.2) is 98.4 Å². The average molecular weight is 720 g/mol. The van der Waals surface area contributed by atoms with Crippen molar-refractivity contribution in [1.29, 1.82) is 0 Å². The summed E-state index contributed by atoms with van der Waals surface area (Å²) in [6.07, 6.45) is 1.68. The van der Waals surface area contributed by atoms with Crippen molar-refractivity contribution in [2.75, 3.05) is 63.2 Å². The lowest BCUT2D eigenvalue weighted by atomic mass is 10.0. The molecule has 0 spiro atoms. The monoisotopic (exact) mass is 719 g/mol. The van der Waals surface area contributed by atoms with Crippen LogP contribution in [0.1, 0.15) is 50.4 Å². The van der Waals surface area contributed by atoms with Gasteiger partial charge < -0.3 is 54.5 Å². The van der Waals surface area contributed by atoms with Gasteiger partial charge in [-0.3, -0.25) is 4.79 Å². The first kappa shape index (κ1) is 38.0. The Bertz CT molecular complexity index is 1690. The Labute approximate surface area is 304 Å². The van der Waals surface area contributed by atoms with Crippen molar-refractivity contribution < 1.29 is 43.2 Å². The molecule has 3 aromatic carbocycles. The Balaban J connectivity index is 1.34. The molecule has 3 aromatic rings. The second-order valence-electron chi connectivity index (χ2n) is 13.2. The number of aliphatic hydroxyl groups excluding tert-OH is 1. The average Bonchev–Trinajstić information content (AvgIpc) is 3.61. The molecule has 52 heavy (non-hydrogen) atoms. The number of carbonyl (C=O) groups is 3. The zero-order valence-corrected chi connectivity index (χ0v) is 30.3. The molecule has 5 amide bonds. The van der Waals surface area contributed by atoms with Crippen molar-refractivity contribution in [1.82, 2.24) is 9.80 Å². The van der Waals surface area contributed by atoms with E-state index in [2.05, 4.69) is 16.0 Å². The zero-order valence-electron chi connectivity index (χ0n) is 30.3. The van der Waals surface area contributed by atoms with Gasteiger partial charge in [-0.15, -0.1) is 0 Å². The minimum absolute atomic E-state index is 0.135. The quantitative estimate of drug-likeness (QED) is 0.218. The summed E-state index contributed by atoms with van der Waals surface area (Å²) in [6.45, 7) is 6.46. The highest BCUT2D eigenvalue weighted by Crippen LogP contribution is 2.34. The van der Waals surface area contributed by atoms with Crippen LogP contribution in [0.5, 0.6) is 23.0 Å². The van der Waals surface area contributed by atoms with E-state index in [9.17, 15) is 19.5 Å². The van der Waals surface area contributed by atoms with E-state index in [1.807, 2.05) is 13.8 Å². The summed E-state index contributed by atoms with van der Waals surface area (Å²) >= 11 is 0. The summed E-state index contributed by atoms with van der Waals surface area (Å²) in [6, 6.07) is 15.7. The standard InChI is InChI=1S/C38H49N5O9/c1-24-20-43(25(2)22-44)36(45)31-18-28(40-37(46)39-27-9-13-30(48-5)14-10-27)11-15-32(31)52-26(3)8-6-7-17-49-35(24)21-42(4)38(47)41-29-12-16-33-34(19-29)51-23-50-33/h9-16,18-19,24-26,35,44H,6-8,17,20-23H2,1-5H3,(H,41,47)(H2,39,40,46)/t24-,25+,26-,35+/m0/s1. The number of nitrogens with one attached hydrogen (secondary N) is 3. The SMILES string of the molecule is COc1ccc(NC(=O)Nc2ccc3c(c2)C(=O)N([C@H](C)CO)C[C@H](C)[C@@H](CN(C)C(=O)Nc2ccc4c(c2)OCO4)OCCCC[C@H](C)O3)cc1. The molecule has 4 atom stereocenters. The predicted molar refractivity (Wildman–Crippen MR) is 197 cm³/mol. The summed E-state index contributed by atoms with van der Waals surface area (Å²) in [5.41, 5.74) is 1.76. The van der Waals surface area contributed by atoms with Crippen molar-refractivity contribution in [3.8, 4) is 23.0 Å². The van der Waals surface area contributed by atoms with Crippen LogP contribution >= 0.6 is 0 Å². The van der Waals surface area contributed by atoms with Crippen molar-refractivity contribution >= 4 is 35.0 Å². The second-order valence-corrected chi connectivity index (χ2v) is 13.2. The van der Waals surface area contributed by atoms with Gasteiger partial charge >= 0.3 is 12.1 Å². The molecule has 5 rings (SSSR count). The van der Waals surface area contributed by atoms with Gasteiger partial charge in [-0.1, -0.05) is 6.92 Å². The van der Waals surface area contributed by atoms with Gasteiger partial charge in [0, 0.05) is 55.8 Å². The Morgan fingerprint density at radius 2 is 1.62 bits per heavy atom. The van der Waals surface area contributed by atoms with E-state index in [0.717, 1.165) is 19.3 Å². The lowest BCUT2D eigenvalue weighted by molar-refractivity contribution is -0.0115. The van der Waals surface area contributed by atoms with Gasteiger partial charge in [-0.25, -0.2) is 9.59 Å². The number of benzene rings is 3. The van der Waals surface area contributed by atoms with Crippen LogP contribution in [0, 0.1) is 5.92 Å². The van der Waals surface area contributed by atoms with Crippen LogP contribution in [-0.2, 0) is 4.74 Å². The fourth-order valence-corrected chi connectivity index (χ4v) is 5.98. The number of rotatable bonds is 8. The Hall–Kier alpha value is -5.21. The van der Waals surface area contributed by atoms with Crippen LogP contribution in [0.2, 0.25) is 0 Å². The summed E-state index contributed by atoms with van der Waals surface area (Å²) in [7, 11) is 3.26. The van der Waals surface area contributed by atoms with Crippen molar-refractivity contribution in [3.63, 3.8) is 0 Å². The van der Waals surface area contributed by atoms with Gasteiger partial charge in [0.25, 0.3) is 5.91 Å². The molecule has 2 aliphatic heterocycles. The largest absolute Gasteiger partial charge is 0.497 e. The van der Waals surface area contributed by atoms with E-state index in [0.29, 0.717) is 46.7 Å². The highest BCUT2D eigenvalue weighted by atomic mass is 16.7. The third kappa shape index (κ3) is 9.98. The first-order valence-corrected chi connectivity index (χ1v) is 17.5. The predicted octanol–water partition coefficient (Wildman–Crippen LogP) is 6.03. The third-order valence-corrected chi connectivity index (χ3v) is 9.08. The topological polar surface area (TPSA) is 160 Å². The van der Waals surface area contributed by atoms with E-state index in [1.165, 1.54) is 0 Å². The number of nitrogens with zero attached hydrogens (tertiary/aromatic N) is 2. The zero-order chi connectivity index (χ0) is 37.2. The number of likely N-dealkylation sites (N-methyl/N-ethyl adjacent to an activating group) is 1. The first-order valence-electron chi connectivity index (χ1n) is 17.5. The minimum atomic E-state index is -0.559. The molecule has 0 bridgehead atoms. The number of anilines is 3. The molecule has 0 aromatic heterocycles. The molecular weight excluding hydrogens is 670 g/mol. The summed E-state index contributed by atoms with van der Waals surface area (Å²) in [5, 5.41) is 18.8. The third-order valence-electron chi connectivity index (χ3n) is 9.08. The van der Waals surface area contributed by atoms with Crippen LogP contribution in [0.3, 0.4) is 0 Å². The maximum absolute atomic E-state index is 14.4. The fraction of sp³-hybridized carbons (Fsp3) is 0.447. The van der Waals surface area contributed by atoms with Gasteiger partial charge in [0.15, 0.2) is 11.5 Å². The summed E-state index contributed by atoms with van der Waals surface area (Å²) in [4.78, 5) is 43.8.